The summed E-state index contributed by atoms with van der Waals surface area (Å²) in [6, 6.07) is 10.7. The summed E-state index contributed by atoms with van der Waals surface area (Å²) >= 11 is 0. The SMILES string of the molecule is COc1ccc([C@H]2CC[C@H](CN(c3cc(-c4coc(C(C)(C)C)n4)ccn3)C(=O)[C@H]3CC[C@H](OC(=O)NC4CCCCC4)CC3)CC2)cc1C. The van der Waals surface area contributed by atoms with Crippen LogP contribution in [0.2, 0.25) is 0 Å². The van der Waals surface area contributed by atoms with Gasteiger partial charge >= 0.3 is 6.09 Å². The first-order valence-electron chi connectivity index (χ1n) is 18.9. The van der Waals surface area contributed by atoms with E-state index < -0.39 is 0 Å². The van der Waals surface area contributed by atoms with Gasteiger partial charge in [-0.2, -0.15) is 0 Å². The maximum absolute atomic E-state index is 14.5. The molecule has 0 spiro atoms. The van der Waals surface area contributed by atoms with Crippen LogP contribution < -0.4 is 15.0 Å². The van der Waals surface area contributed by atoms with Gasteiger partial charge in [-0.1, -0.05) is 52.2 Å². The summed E-state index contributed by atoms with van der Waals surface area (Å²) in [4.78, 5) is 38.6. The number of pyridine rings is 1. The van der Waals surface area contributed by atoms with Crippen LogP contribution in [0.5, 0.6) is 5.75 Å². The highest BCUT2D eigenvalue weighted by Crippen LogP contribution is 2.39. The Morgan fingerprint density at radius 3 is 2.34 bits per heavy atom. The Morgan fingerprint density at radius 1 is 0.940 bits per heavy atom. The van der Waals surface area contributed by atoms with E-state index in [4.69, 9.17) is 23.9 Å². The van der Waals surface area contributed by atoms with E-state index in [1.807, 2.05) is 17.0 Å². The molecule has 0 bridgehead atoms. The second-order valence-electron chi connectivity index (χ2n) is 15.9. The number of aromatic nitrogens is 2. The lowest BCUT2D eigenvalue weighted by molar-refractivity contribution is -0.124. The molecule has 2 heterocycles. The number of hydrogen-bond acceptors (Lipinski definition) is 7. The topological polar surface area (TPSA) is 107 Å². The Labute approximate surface area is 297 Å². The number of nitrogens with one attached hydrogen (secondary N) is 1. The zero-order chi connectivity index (χ0) is 35.3. The van der Waals surface area contributed by atoms with Crippen LogP contribution in [0.3, 0.4) is 0 Å². The maximum Gasteiger partial charge on any atom is 0.407 e. The number of benzene rings is 1. The van der Waals surface area contributed by atoms with E-state index in [0.29, 0.717) is 55.8 Å². The molecule has 1 N–H and O–H groups in total. The van der Waals surface area contributed by atoms with Crippen LogP contribution in [-0.2, 0) is 14.9 Å². The monoisotopic (exact) mass is 684 g/mol. The molecule has 9 nitrogen and oxygen atoms in total. The van der Waals surface area contributed by atoms with Crippen molar-refractivity contribution in [1.82, 2.24) is 15.3 Å². The number of nitrogens with zero attached hydrogens (tertiary/aromatic N) is 3. The van der Waals surface area contributed by atoms with Crippen LogP contribution in [-0.4, -0.2) is 47.8 Å². The number of ether oxygens (including phenoxy) is 2. The highest BCUT2D eigenvalue weighted by atomic mass is 16.6. The highest BCUT2D eigenvalue weighted by Gasteiger charge is 2.35. The van der Waals surface area contributed by atoms with E-state index in [9.17, 15) is 9.59 Å². The fourth-order valence-corrected chi connectivity index (χ4v) is 8.11. The molecule has 3 fully saturated rings. The first-order chi connectivity index (χ1) is 24.1. The minimum Gasteiger partial charge on any atom is -0.496 e. The lowest BCUT2D eigenvalue weighted by atomic mass is 9.78. The maximum atomic E-state index is 14.5. The molecule has 0 aliphatic heterocycles. The number of anilines is 1. The number of aryl methyl sites for hydroxylation is 1. The van der Waals surface area contributed by atoms with E-state index in [1.54, 1.807) is 19.6 Å². The molecular formula is C41H56N4O5. The molecule has 9 heteroatoms. The molecule has 3 aliphatic carbocycles. The number of amides is 2. The summed E-state index contributed by atoms with van der Waals surface area (Å²) in [6.45, 7) is 8.97. The van der Waals surface area contributed by atoms with Gasteiger partial charge in [0.25, 0.3) is 0 Å². The lowest BCUT2D eigenvalue weighted by Gasteiger charge is -2.36. The smallest absolute Gasteiger partial charge is 0.407 e. The number of rotatable bonds is 9. The van der Waals surface area contributed by atoms with Gasteiger partial charge in [0.1, 0.15) is 29.6 Å². The molecule has 2 aromatic heterocycles. The zero-order valence-corrected chi connectivity index (χ0v) is 30.7. The zero-order valence-electron chi connectivity index (χ0n) is 30.7. The van der Waals surface area contributed by atoms with E-state index in [-0.39, 0.29) is 35.5 Å². The standard InChI is InChI=1S/C41H56N4O5/c1-27-23-31(17-20-36(27)48-5)29-13-11-28(12-14-29)25-45(37-24-32(21-22-42-37)35-26-49-39(44-35)41(2,3)4)38(46)30-15-18-34(19-16-30)50-40(47)43-33-9-7-6-8-10-33/h17,20-24,26,28-30,33-34H,6-16,18-19,25H2,1-5H3,(H,43,47)/t28-,29-,30-,34-. The van der Waals surface area contributed by atoms with Gasteiger partial charge in [-0.05, 0) is 112 Å². The van der Waals surface area contributed by atoms with Gasteiger partial charge in [-0.3, -0.25) is 9.69 Å². The van der Waals surface area contributed by atoms with Crippen molar-refractivity contribution < 1.29 is 23.5 Å². The fourth-order valence-electron chi connectivity index (χ4n) is 8.11. The predicted octanol–water partition coefficient (Wildman–Crippen LogP) is 9.28. The number of methoxy groups -OCH3 is 1. The number of carbonyl (C=O) groups is 2. The van der Waals surface area contributed by atoms with E-state index in [1.165, 1.54) is 17.5 Å². The highest BCUT2D eigenvalue weighted by molar-refractivity contribution is 5.94. The average molecular weight is 685 g/mol. The minimum atomic E-state index is -0.308. The summed E-state index contributed by atoms with van der Waals surface area (Å²) in [5.74, 6) is 3.12. The summed E-state index contributed by atoms with van der Waals surface area (Å²) in [7, 11) is 1.72. The van der Waals surface area contributed by atoms with Gasteiger partial charge in [-0.25, -0.2) is 14.8 Å². The van der Waals surface area contributed by atoms with Gasteiger partial charge in [0.05, 0.1) is 7.11 Å². The van der Waals surface area contributed by atoms with Crippen molar-refractivity contribution in [3.05, 3.63) is 59.8 Å². The third kappa shape index (κ3) is 8.88. The Hall–Kier alpha value is -3.88. The molecule has 50 heavy (non-hydrogen) atoms. The molecule has 0 saturated heterocycles. The van der Waals surface area contributed by atoms with Gasteiger partial charge < -0.3 is 19.2 Å². The Balaban J connectivity index is 1.14. The summed E-state index contributed by atoms with van der Waals surface area (Å²) in [5.41, 5.74) is 3.95. The fraction of sp³-hybridized carbons (Fsp3) is 0.610. The third-order valence-electron chi connectivity index (χ3n) is 11.1. The van der Waals surface area contributed by atoms with Gasteiger partial charge in [-0.15, -0.1) is 0 Å². The van der Waals surface area contributed by atoms with Crippen molar-refractivity contribution in [2.75, 3.05) is 18.6 Å². The van der Waals surface area contributed by atoms with Crippen molar-refractivity contribution in [3.63, 3.8) is 0 Å². The lowest BCUT2D eigenvalue weighted by Crippen LogP contribution is -2.43. The summed E-state index contributed by atoms with van der Waals surface area (Å²) in [5, 5.41) is 3.07. The number of carbonyl (C=O) groups excluding carboxylic acids is 2. The minimum absolute atomic E-state index is 0.114. The van der Waals surface area contributed by atoms with E-state index in [2.05, 4.69) is 51.2 Å². The van der Waals surface area contributed by atoms with Crippen LogP contribution >= 0.6 is 0 Å². The van der Waals surface area contributed by atoms with Crippen molar-refractivity contribution >= 4 is 17.8 Å². The molecule has 0 atom stereocenters. The molecule has 0 radical (unpaired) electrons. The molecule has 3 aromatic rings. The van der Waals surface area contributed by atoms with Gasteiger partial charge in [0, 0.05) is 35.7 Å². The first kappa shape index (κ1) is 35.9. The summed E-state index contributed by atoms with van der Waals surface area (Å²) < 4.78 is 17.2. The molecule has 270 valence electrons. The third-order valence-corrected chi connectivity index (χ3v) is 11.1. The summed E-state index contributed by atoms with van der Waals surface area (Å²) in [6.07, 6.45) is 15.7. The molecule has 1 aromatic carbocycles. The molecule has 0 unspecified atom stereocenters. The number of oxazole rings is 1. The molecule has 3 saturated carbocycles. The average Bonchev–Trinajstić information content (AvgIpc) is 3.63. The number of hydrogen-bond donors (Lipinski definition) is 1. The second kappa shape index (κ2) is 16.0. The molecule has 2 amide bonds. The Bertz CT molecular complexity index is 1590. The van der Waals surface area contributed by atoms with Crippen molar-refractivity contribution in [3.8, 4) is 17.0 Å². The normalized spacial score (nSPS) is 23.2. The predicted molar refractivity (Wildman–Crippen MR) is 195 cm³/mol. The van der Waals surface area contributed by atoms with Gasteiger partial charge in [0.2, 0.25) is 5.91 Å². The Kier molecular flexibility index (Phi) is 11.5. The quantitative estimate of drug-likeness (QED) is 0.239. The van der Waals surface area contributed by atoms with Crippen LogP contribution in [0.25, 0.3) is 11.3 Å². The number of alkyl carbamates (subject to hydrolysis) is 1. The van der Waals surface area contributed by atoms with Gasteiger partial charge in [0.15, 0.2) is 5.89 Å². The van der Waals surface area contributed by atoms with E-state index >= 15 is 0 Å². The largest absolute Gasteiger partial charge is 0.496 e. The van der Waals surface area contributed by atoms with Crippen LogP contribution in [0.4, 0.5) is 10.6 Å². The first-order valence-corrected chi connectivity index (χ1v) is 18.9. The molecule has 3 aliphatic rings. The van der Waals surface area contributed by atoms with Crippen LogP contribution in [0.15, 0.2) is 47.2 Å². The second-order valence-corrected chi connectivity index (χ2v) is 15.9. The van der Waals surface area contributed by atoms with Crippen molar-refractivity contribution in [2.45, 2.75) is 135 Å². The Morgan fingerprint density at radius 2 is 1.68 bits per heavy atom. The van der Waals surface area contributed by atoms with E-state index in [0.717, 1.165) is 68.4 Å². The van der Waals surface area contributed by atoms with Crippen molar-refractivity contribution in [1.29, 1.82) is 0 Å². The van der Waals surface area contributed by atoms with Crippen LogP contribution in [0, 0.1) is 18.8 Å². The molecule has 6 rings (SSSR count). The van der Waals surface area contributed by atoms with Crippen molar-refractivity contribution in [2.24, 2.45) is 11.8 Å². The van der Waals surface area contributed by atoms with Crippen LogP contribution in [0.1, 0.15) is 127 Å². The molecular weight excluding hydrogens is 628 g/mol.